The van der Waals surface area contributed by atoms with Gasteiger partial charge in [0.1, 0.15) is 5.82 Å². The van der Waals surface area contributed by atoms with Crippen LogP contribution < -0.4 is 0 Å². The molecule has 1 atom stereocenters. The lowest BCUT2D eigenvalue weighted by atomic mass is 10.1. The first-order chi connectivity index (χ1) is 9.72. The molecule has 1 aromatic carbocycles. The van der Waals surface area contributed by atoms with Crippen molar-refractivity contribution in [1.82, 2.24) is 14.5 Å². The Kier molecular flexibility index (Phi) is 3.45. The molecule has 0 bridgehead atoms. The second-order valence-electron chi connectivity index (χ2n) is 4.90. The standard InChI is InChI=1S/C16H16ClN3/c1-11-6-5-8-14-16(11)20(15(10-17)19-14)12(2)13-7-3-4-9-18-13/h3-9,12H,10H2,1-2H3. The van der Waals surface area contributed by atoms with Gasteiger partial charge in [0.2, 0.25) is 0 Å². The van der Waals surface area contributed by atoms with E-state index in [0.29, 0.717) is 5.88 Å². The molecular formula is C16H16ClN3. The van der Waals surface area contributed by atoms with Crippen LogP contribution in [-0.4, -0.2) is 14.5 Å². The minimum atomic E-state index is 0.107. The Morgan fingerprint density at radius 2 is 2.05 bits per heavy atom. The number of pyridine rings is 1. The van der Waals surface area contributed by atoms with Crippen molar-refractivity contribution in [2.24, 2.45) is 0 Å². The summed E-state index contributed by atoms with van der Waals surface area (Å²) in [4.78, 5) is 9.10. The van der Waals surface area contributed by atoms with Crippen LogP contribution in [0.2, 0.25) is 0 Å². The van der Waals surface area contributed by atoms with Gasteiger partial charge in [0.25, 0.3) is 0 Å². The van der Waals surface area contributed by atoms with Crippen molar-refractivity contribution >= 4 is 22.6 Å². The third-order valence-corrected chi connectivity index (χ3v) is 3.85. The third kappa shape index (κ3) is 2.08. The van der Waals surface area contributed by atoms with Crippen LogP contribution in [0.4, 0.5) is 0 Å². The summed E-state index contributed by atoms with van der Waals surface area (Å²) in [7, 11) is 0. The number of hydrogen-bond donors (Lipinski definition) is 0. The van der Waals surface area contributed by atoms with E-state index in [-0.39, 0.29) is 6.04 Å². The van der Waals surface area contributed by atoms with Gasteiger partial charge in [-0.15, -0.1) is 11.6 Å². The van der Waals surface area contributed by atoms with E-state index in [4.69, 9.17) is 11.6 Å². The number of nitrogens with zero attached hydrogens (tertiary/aromatic N) is 3. The zero-order chi connectivity index (χ0) is 14.1. The van der Waals surface area contributed by atoms with Gasteiger partial charge < -0.3 is 4.57 Å². The number of halogens is 1. The molecule has 0 aliphatic rings. The predicted molar refractivity (Wildman–Crippen MR) is 82.1 cm³/mol. The van der Waals surface area contributed by atoms with Crippen molar-refractivity contribution in [3.63, 3.8) is 0 Å². The molecule has 0 N–H and O–H groups in total. The summed E-state index contributed by atoms with van der Waals surface area (Å²) in [5.41, 5.74) is 4.35. The van der Waals surface area contributed by atoms with E-state index < -0.39 is 0 Å². The van der Waals surface area contributed by atoms with E-state index in [2.05, 4.69) is 34.4 Å². The van der Waals surface area contributed by atoms with Crippen molar-refractivity contribution in [3.05, 3.63) is 59.7 Å². The summed E-state index contributed by atoms with van der Waals surface area (Å²) < 4.78 is 2.19. The van der Waals surface area contributed by atoms with Crippen molar-refractivity contribution in [2.45, 2.75) is 25.8 Å². The highest BCUT2D eigenvalue weighted by molar-refractivity contribution is 6.16. The van der Waals surface area contributed by atoms with Crippen LogP contribution in [0.3, 0.4) is 0 Å². The molecule has 1 unspecified atom stereocenters. The topological polar surface area (TPSA) is 30.7 Å². The maximum Gasteiger partial charge on any atom is 0.125 e. The Bertz CT molecular complexity index is 734. The van der Waals surface area contributed by atoms with Gasteiger partial charge in [-0.2, -0.15) is 0 Å². The lowest BCUT2D eigenvalue weighted by Crippen LogP contribution is -2.11. The van der Waals surface area contributed by atoms with Crippen LogP contribution in [0.1, 0.15) is 30.0 Å². The minimum absolute atomic E-state index is 0.107. The van der Waals surface area contributed by atoms with Gasteiger partial charge in [-0.3, -0.25) is 4.98 Å². The second-order valence-corrected chi connectivity index (χ2v) is 5.17. The molecule has 0 fully saturated rings. The van der Waals surface area contributed by atoms with Gasteiger partial charge in [-0.25, -0.2) is 4.98 Å². The van der Waals surface area contributed by atoms with Gasteiger partial charge in [0.15, 0.2) is 0 Å². The average molecular weight is 286 g/mol. The normalized spacial score (nSPS) is 12.8. The second kappa shape index (κ2) is 5.25. The zero-order valence-corrected chi connectivity index (χ0v) is 12.3. The van der Waals surface area contributed by atoms with E-state index in [1.807, 2.05) is 36.5 Å². The number of imidazole rings is 1. The van der Waals surface area contributed by atoms with Gasteiger partial charge in [-0.1, -0.05) is 18.2 Å². The van der Waals surface area contributed by atoms with Gasteiger partial charge in [0, 0.05) is 6.20 Å². The van der Waals surface area contributed by atoms with E-state index >= 15 is 0 Å². The molecule has 0 aliphatic heterocycles. The predicted octanol–water partition coefficient (Wildman–Crippen LogP) is 4.09. The number of rotatable bonds is 3. The molecule has 2 heterocycles. The first-order valence-electron chi connectivity index (χ1n) is 6.65. The maximum absolute atomic E-state index is 6.08. The van der Waals surface area contributed by atoms with E-state index in [1.165, 1.54) is 5.56 Å². The largest absolute Gasteiger partial charge is 0.318 e. The van der Waals surface area contributed by atoms with Gasteiger partial charge >= 0.3 is 0 Å². The van der Waals surface area contributed by atoms with Gasteiger partial charge in [0.05, 0.1) is 28.6 Å². The van der Waals surface area contributed by atoms with Crippen molar-refractivity contribution in [3.8, 4) is 0 Å². The lowest BCUT2D eigenvalue weighted by molar-refractivity contribution is 0.615. The molecule has 0 saturated carbocycles. The number of hydrogen-bond acceptors (Lipinski definition) is 2. The van der Waals surface area contributed by atoms with Crippen molar-refractivity contribution < 1.29 is 0 Å². The van der Waals surface area contributed by atoms with Gasteiger partial charge in [-0.05, 0) is 37.6 Å². The van der Waals surface area contributed by atoms with E-state index in [9.17, 15) is 0 Å². The van der Waals surface area contributed by atoms with Crippen LogP contribution in [-0.2, 0) is 5.88 Å². The molecule has 20 heavy (non-hydrogen) atoms. The smallest absolute Gasteiger partial charge is 0.125 e. The first-order valence-corrected chi connectivity index (χ1v) is 7.19. The highest BCUT2D eigenvalue weighted by Crippen LogP contribution is 2.27. The lowest BCUT2D eigenvalue weighted by Gasteiger charge is -2.17. The van der Waals surface area contributed by atoms with Crippen LogP contribution in [0.25, 0.3) is 11.0 Å². The summed E-state index contributed by atoms with van der Waals surface area (Å²) in [5.74, 6) is 1.28. The average Bonchev–Trinajstić information content (AvgIpc) is 2.87. The summed E-state index contributed by atoms with van der Waals surface area (Å²) in [6.07, 6.45) is 1.82. The quantitative estimate of drug-likeness (QED) is 0.679. The highest BCUT2D eigenvalue weighted by atomic mass is 35.5. The molecule has 2 aromatic heterocycles. The molecule has 0 spiro atoms. The van der Waals surface area contributed by atoms with Crippen molar-refractivity contribution in [1.29, 1.82) is 0 Å². The molecule has 0 aliphatic carbocycles. The maximum atomic E-state index is 6.08. The Hall–Kier alpha value is -1.87. The number of aryl methyl sites for hydroxylation is 1. The fourth-order valence-corrected chi connectivity index (χ4v) is 2.82. The Morgan fingerprint density at radius 3 is 2.75 bits per heavy atom. The van der Waals surface area contributed by atoms with Crippen LogP contribution >= 0.6 is 11.6 Å². The monoisotopic (exact) mass is 285 g/mol. The van der Waals surface area contributed by atoms with Crippen LogP contribution in [0.15, 0.2) is 42.6 Å². The van der Waals surface area contributed by atoms with E-state index in [1.54, 1.807) is 0 Å². The van der Waals surface area contributed by atoms with Crippen LogP contribution in [0.5, 0.6) is 0 Å². The minimum Gasteiger partial charge on any atom is -0.318 e. The molecule has 0 saturated heterocycles. The number of para-hydroxylation sites is 1. The number of aromatic nitrogens is 3. The zero-order valence-electron chi connectivity index (χ0n) is 11.5. The Morgan fingerprint density at radius 1 is 1.20 bits per heavy atom. The fourth-order valence-electron chi connectivity index (χ4n) is 2.64. The molecular weight excluding hydrogens is 270 g/mol. The highest BCUT2D eigenvalue weighted by Gasteiger charge is 2.18. The van der Waals surface area contributed by atoms with E-state index in [0.717, 1.165) is 22.6 Å². The molecule has 3 nitrogen and oxygen atoms in total. The number of alkyl halides is 1. The van der Waals surface area contributed by atoms with Crippen LogP contribution in [0, 0.1) is 6.92 Å². The van der Waals surface area contributed by atoms with Crippen molar-refractivity contribution in [2.75, 3.05) is 0 Å². The molecule has 4 heteroatoms. The first kappa shape index (κ1) is 13.1. The molecule has 0 radical (unpaired) electrons. The number of benzene rings is 1. The Labute approximate surface area is 123 Å². The Balaban J connectivity index is 2.24. The molecule has 102 valence electrons. The fraction of sp³-hybridized carbons (Fsp3) is 0.250. The molecule has 3 aromatic rings. The summed E-state index contributed by atoms with van der Waals surface area (Å²) in [5, 5.41) is 0. The summed E-state index contributed by atoms with van der Waals surface area (Å²) in [6.45, 7) is 4.23. The number of fused-ring (bicyclic) bond motifs is 1. The SMILES string of the molecule is Cc1cccc2nc(CCl)n(C(C)c3ccccn3)c12. The third-order valence-electron chi connectivity index (χ3n) is 3.61. The summed E-state index contributed by atoms with van der Waals surface area (Å²) >= 11 is 6.08. The molecule has 3 rings (SSSR count). The molecule has 0 amide bonds. The summed E-state index contributed by atoms with van der Waals surface area (Å²) in [6, 6.07) is 12.2.